The van der Waals surface area contributed by atoms with Crippen LogP contribution in [-0.2, 0) is 9.84 Å². The number of pyridine rings is 1. The van der Waals surface area contributed by atoms with Crippen molar-refractivity contribution in [2.24, 2.45) is 0 Å². The summed E-state index contributed by atoms with van der Waals surface area (Å²) in [6, 6.07) is 8.19. The highest BCUT2D eigenvalue weighted by Crippen LogP contribution is 2.21. The third-order valence-corrected chi connectivity index (χ3v) is 4.16. The van der Waals surface area contributed by atoms with Gasteiger partial charge in [0.15, 0.2) is 15.5 Å². The first kappa shape index (κ1) is 12.6. The van der Waals surface area contributed by atoms with Crippen molar-refractivity contribution < 1.29 is 18.3 Å². The van der Waals surface area contributed by atoms with Gasteiger partial charge in [-0.3, -0.25) is 4.40 Å². The Morgan fingerprint density at radius 3 is 2.60 bits per heavy atom. The second kappa shape index (κ2) is 4.04. The number of hydrogen-bond donors (Lipinski definition) is 1. The first-order valence-electron chi connectivity index (χ1n) is 5.71. The fourth-order valence-corrected chi connectivity index (χ4v) is 2.72. The zero-order valence-electron chi connectivity index (χ0n) is 10.4. The molecule has 0 bridgehead atoms. The zero-order chi connectivity index (χ0) is 14.5. The Bertz CT molecular complexity index is 957. The number of fused-ring (bicyclic) bond motifs is 3. The molecule has 0 saturated heterocycles. The number of benzene rings is 1. The molecule has 2 aromatic heterocycles. The van der Waals surface area contributed by atoms with Gasteiger partial charge in [0.05, 0.1) is 10.4 Å². The maximum Gasteiger partial charge on any atom is 0.356 e. The fourth-order valence-electron chi connectivity index (χ4n) is 2.08. The van der Waals surface area contributed by atoms with E-state index in [0.717, 1.165) is 11.6 Å². The summed E-state index contributed by atoms with van der Waals surface area (Å²) in [4.78, 5) is 15.1. The summed E-state index contributed by atoms with van der Waals surface area (Å²) in [5, 5.41) is 9.77. The molecule has 6 nitrogen and oxygen atoms in total. The lowest BCUT2D eigenvalue weighted by atomic mass is 10.2. The normalized spacial score (nSPS) is 12.1. The lowest BCUT2D eigenvalue weighted by molar-refractivity contribution is 0.0691. The Hall–Kier alpha value is -2.41. The minimum atomic E-state index is -3.32. The number of hydrogen-bond acceptors (Lipinski definition) is 4. The molecule has 0 aliphatic carbocycles. The summed E-state index contributed by atoms with van der Waals surface area (Å²) in [5.41, 5.74) is 0.980. The number of carboxylic acid groups (broad SMARTS) is 1. The van der Waals surface area contributed by atoms with E-state index in [4.69, 9.17) is 5.11 Å². The Kier molecular flexibility index (Phi) is 2.55. The summed E-state index contributed by atoms with van der Waals surface area (Å²) in [7, 11) is -3.32. The van der Waals surface area contributed by atoms with Crippen molar-refractivity contribution in [1.82, 2.24) is 9.38 Å². The van der Waals surface area contributed by atoms with Crippen LogP contribution >= 0.6 is 0 Å². The first-order valence-corrected chi connectivity index (χ1v) is 7.60. The van der Waals surface area contributed by atoms with E-state index < -0.39 is 15.8 Å². The molecule has 7 heteroatoms. The lowest BCUT2D eigenvalue weighted by Crippen LogP contribution is -1.98. The van der Waals surface area contributed by atoms with E-state index in [1.807, 2.05) is 0 Å². The van der Waals surface area contributed by atoms with E-state index in [-0.39, 0.29) is 10.6 Å². The molecule has 0 amide bonds. The smallest absolute Gasteiger partial charge is 0.356 e. The van der Waals surface area contributed by atoms with Crippen LogP contribution in [-0.4, -0.2) is 35.1 Å². The SMILES string of the molecule is CS(=O)(=O)c1ccc2ccc3nc(C(=O)O)cn3c2c1. The highest BCUT2D eigenvalue weighted by molar-refractivity contribution is 7.90. The number of rotatable bonds is 2. The molecule has 20 heavy (non-hydrogen) atoms. The standard InChI is InChI=1S/C13H10N2O4S/c1-20(18,19)9-4-2-8-3-5-12-14-10(13(16)17)7-15(12)11(8)6-9/h2-7H,1H3,(H,16,17). The molecule has 2 heterocycles. The van der Waals surface area contributed by atoms with Gasteiger partial charge < -0.3 is 5.11 Å². The predicted octanol–water partition coefficient (Wildman–Crippen LogP) is 1.59. The summed E-state index contributed by atoms with van der Waals surface area (Å²) in [6.45, 7) is 0. The second-order valence-electron chi connectivity index (χ2n) is 4.49. The highest BCUT2D eigenvalue weighted by Gasteiger charge is 2.12. The van der Waals surface area contributed by atoms with Crippen molar-refractivity contribution >= 4 is 32.4 Å². The summed E-state index contributed by atoms with van der Waals surface area (Å²) < 4.78 is 24.8. The van der Waals surface area contributed by atoms with E-state index >= 15 is 0 Å². The number of aromatic carboxylic acids is 1. The van der Waals surface area contributed by atoms with Crippen molar-refractivity contribution in [1.29, 1.82) is 0 Å². The maximum absolute atomic E-state index is 11.6. The van der Waals surface area contributed by atoms with Crippen molar-refractivity contribution in [3.8, 4) is 0 Å². The average Bonchev–Trinajstić information content (AvgIpc) is 2.81. The van der Waals surface area contributed by atoms with Crippen LogP contribution < -0.4 is 0 Å². The van der Waals surface area contributed by atoms with E-state index in [1.54, 1.807) is 22.6 Å². The Morgan fingerprint density at radius 1 is 1.25 bits per heavy atom. The van der Waals surface area contributed by atoms with Crippen LogP contribution in [0.25, 0.3) is 16.6 Å². The number of sulfone groups is 1. The van der Waals surface area contributed by atoms with Crippen LogP contribution in [0.1, 0.15) is 10.5 Å². The Morgan fingerprint density at radius 2 is 1.95 bits per heavy atom. The van der Waals surface area contributed by atoms with Crippen molar-refractivity contribution in [3.05, 3.63) is 42.2 Å². The maximum atomic E-state index is 11.6. The molecule has 0 aliphatic heterocycles. The van der Waals surface area contributed by atoms with Gasteiger partial charge in [-0.15, -0.1) is 0 Å². The van der Waals surface area contributed by atoms with E-state index in [1.165, 1.54) is 18.3 Å². The Labute approximate surface area is 114 Å². The van der Waals surface area contributed by atoms with Crippen LogP contribution in [0.5, 0.6) is 0 Å². The molecule has 0 aliphatic rings. The predicted molar refractivity (Wildman–Crippen MR) is 72.8 cm³/mol. The van der Waals surface area contributed by atoms with Crippen LogP contribution in [0, 0.1) is 0 Å². The van der Waals surface area contributed by atoms with Crippen LogP contribution in [0.4, 0.5) is 0 Å². The van der Waals surface area contributed by atoms with Crippen LogP contribution in [0.15, 0.2) is 41.4 Å². The molecule has 1 aromatic carbocycles. The number of nitrogens with zero attached hydrogens (tertiary/aromatic N) is 2. The molecule has 0 unspecified atom stereocenters. The third-order valence-electron chi connectivity index (χ3n) is 3.05. The van der Waals surface area contributed by atoms with Gasteiger partial charge in [0.2, 0.25) is 0 Å². The Balaban J connectivity index is 2.41. The molecule has 1 N–H and O–H groups in total. The molecule has 3 rings (SSSR count). The minimum Gasteiger partial charge on any atom is -0.476 e. The van der Waals surface area contributed by atoms with Gasteiger partial charge in [-0.1, -0.05) is 6.07 Å². The molecule has 0 saturated carbocycles. The number of carbonyl (C=O) groups is 1. The van der Waals surface area contributed by atoms with Crippen LogP contribution in [0.2, 0.25) is 0 Å². The molecular formula is C13H10N2O4S. The van der Waals surface area contributed by atoms with E-state index in [9.17, 15) is 13.2 Å². The van der Waals surface area contributed by atoms with Gasteiger partial charge in [0.25, 0.3) is 0 Å². The molecule has 0 spiro atoms. The van der Waals surface area contributed by atoms with E-state index in [0.29, 0.717) is 11.2 Å². The van der Waals surface area contributed by atoms with Gasteiger partial charge in [-0.05, 0) is 29.7 Å². The molecule has 3 aromatic rings. The summed E-state index contributed by atoms with van der Waals surface area (Å²) >= 11 is 0. The molecule has 102 valence electrons. The summed E-state index contributed by atoms with van der Waals surface area (Å²) in [5.74, 6) is -1.12. The molecular weight excluding hydrogens is 280 g/mol. The highest BCUT2D eigenvalue weighted by atomic mass is 32.2. The largest absolute Gasteiger partial charge is 0.476 e. The van der Waals surface area contributed by atoms with Gasteiger partial charge in [-0.25, -0.2) is 18.2 Å². The lowest BCUT2D eigenvalue weighted by Gasteiger charge is -2.04. The molecule has 0 atom stereocenters. The quantitative estimate of drug-likeness (QED) is 0.774. The fraction of sp³-hybridized carbons (Fsp3) is 0.0769. The number of imidazole rings is 1. The summed E-state index contributed by atoms with van der Waals surface area (Å²) in [6.07, 6.45) is 2.51. The van der Waals surface area contributed by atoms with Gasteiger partial charge in [0, 0.05) is 12.5 Å². The van der Waals surface area contributed by atoms with Gasteiger partial charge in [0.1, 0.15) is 5.65 Å². The van der Waals surface area contributed by atoms with Gasteiger partial charge in [-0.2, -0.15) is 0 Å². The average molecular weight is 290 g/mol. The van der Waals surface area contributed by atoms with Crippen LogP contribution in [0.3, 0.4) is 0 Å². The number of aromatic nitrogens is 2. The second-order valence-corrected chi connectivity index (χ2v) is 6.50. The third kappa shape index (κ3) is 1.92. The van der Waals surface area contributed by atoms with Crippen molar-refractivity contribution in [2.75, 3.05) is 6.26 Å². The first-order chi connectivity index (χ1) is 9.36. The zero-order valence-corrected chi connectivity index (χ0v) is 11.3. The monoisotopic (exact) mass is 290 g/mol. The van der Waals surface area contributed by atoms with Crippen molar-refractivity contribution in [2.45, 2.75) is 4.90 Å². The van der Waals surface area contributed by atoms with Crippen molar-refractivity contribution in [3.63, 3.8) is 0 Å². The molecule has 0 fully saturated rings. The van der Waals surface area contributed by atoms with E-state index in [2.05, 4.69) is 4.98 Å². The minimum absolute atomic E-state index is 0.0812. The topological polar surface area (TPSA) is 88.7 Å². The number of carboxylic acids is 1. The van der Waals surface area contributed by atoms with Gasteiger partial charge >= 0.3 is 5.97 Å². The molecule has 0 radical (unpaired) electrons.